The fraction of sp³-hybridized carbons (Fsp3) is 0.625. The Balaban J connectivity index is 1.68. The SMILES string of the molecule is CCCNC(=O)CN1CCC(NC(=O)Nc2ncc(OC)cn2)CC1. The third-order valence-electron chi connectivity index (χ3n) is 3.95. The Hall–Kier alpha value is -2.42. The van der Waals surface area contributed by atoms with E-state index in [-0.39, 0.29) is 23.9 Å². The van der Waals surface area contributed by atoms with Crippen LogP contribution in [0.2, 0.25) is 0 Å². The molecule has 138 valence electrons. The van der Waals surface area contributed by atoms with Gasteiger partial charge in [0, 0.05) is 25.7 Å². The number of nitrogens with zero attached hydrogens (tertiary/aromatic N) is 3. The first-order valence-electron chi connectivity index (χ1n) is 8.53. The smallest absolute Gasteiger partial charge is 0.321 e. The van der Waals surface area contributed by atoms with Crippen molar-refractivity contribution in [3.05, 3.63) is 12.4 Å². The van der Waals surface area contributed by atoms with Crippen LogP contribution in [0, 0.1) is 0 Å². The number of methoxy groups -OCH3 is 1. The maximum atomic E-state index is 12.0. The Labute approximate surface area is 147 Å². The van der Waals surface area contributed by atoms with E-state index in [2.05, 4.69) is 30.8 Å². The zero-order valence-corrected chi connectivity index (χ0v) is 14.7. The lowest BCUT2D eigenvalue weighted by Crippen LogP contribution is -2.48. The molecule has 1 aromatic heterocycles. The van der Waals surface area contributed by atoms with E-state index in [0.29, 0.717) is 18.8 Å². The molecule has 1 aromatic rings. The van der Waals surface area contributed by atoms with Gasteiger partial charge in [0.1, 0.15) is 0 Å². The highest BCUT2D eigenvalue weighted by atomic mass is 16.5. The van der Waals surface area contributed by atoms with E-state index in [9.17, 15) is 9.59 Å². The molecule has 1 fully saturated rings. The second kappa shape index (κ2) is 9.77. The number of rotatable bonds is 7. The molecule has 0 aromatic carbocycles. The molecule has 0 aliphatic carbocycles. The van der Waals surface area contributed by atoms with Crippen molar-refractivity contribution < 1.29 is 14.3 Å². The van der Waals surface area contributed by atoms with Crippen molar-refractivity contribution in [3.63, 3.8) is 0 Å². The van der Waals surface area contributed by atoms with E-state index in [1.165, 1.54) is 19.5 Å². The van der Waals surface area contributed by atoms with Gasteiger partial charge in [-0.3, -0.25) is 15.0 Å². The van der Waals surface area contributed by atoms with Gasteiger partial charge in [0.05, 0.1) is 26.0 Å². The summed E-state index contributed by atoms with van der Waals surface area (Å²) in [5.41, 5.74) is 0. The molecule has 0 spiro atoms. The van der Waals surface area contributed by atoms with Crippen molar-refractivity contribution in [3.8, 4) is 5.75 Å². The molecule has 2 rings (SSSR count). The van der Waals surface area contributed by atoms with Gasteiger partial charge in [-0.2, -0.15) is 0 Å². The minimum absolute atomic E-state index is 0.0580. The molecule has 0 unspecified atom stereocenters. The van der Waals surface area contributed by atoms with Crippen molar-refractivity contribution in [2.75, 3.05) is 38.6 Å². The quantitative estimate of drug-likeness (QED) is 0.664. The van der Waals surface area contributed by atoms with Gasteiger partial charge in [-0.25, -0.2) is 14.8 Å². The number of urea groups is 1. The summed E-state index contributed by atoms with van der Waals surface area (Å²) < 4.78 is 4.97. The first-order chi connectivity index (χ1) is 12.1. The van der Waals surface area contributed by atoms with Gasteiger partial charge >= 0.3 is 6.03 Å². The Bertz CT molecular complexity index is 557. The fourth-order valence-electron chi connectivity index (χ4n) is 2.57. The van der Waals surface area contributed by atoms with Crippen LogP contribution >= 0.6 is 0 Å². The summed E-state index contributed by atoms with van der Waals surface area (Å²) >= 11 is 0. The highest BCUT2D eigenvalue weighted by Gasteiger charge is 2.22. The molecule has 1 aliphatic rings. The number of piperidine rings is 1. The molecular formula is C16H26N6O3. The zero-order valence-electron chi connectivity index (χ0n) is 14.7. The number of nitrogens with one attached hydrogen (secondary N) is 3. The van der Waals surface area contributed by atoms with Gasteiger partial charge in [-0.05, 0) is 19.3 Å². The van der Waals surface area contributed by atoms with Crippen molar-refractivity contribution in [1.82, 2.24) is 25.5 Å². The Morgan fingerprint density at radius 2 is 1.96 bits per heavy atom. The third-order valence-corrected chi connectivity index (χ3v) is 3.95. The summed E-state index contributed by atoms with van der Waals surface area (Å²) in [6.45, 7) is 4.72. The molecule has 0 atom stereocenters. The Morgan fingerprint density at radius 1 is 1.28 bits per heavy atom. The fourth-order valence-corrected chi connectivity index (χ4v) is 2.57. The van der Waals surface area contributed by atoms with Gasteiger partial charge in [0.15, 0.2) is 5.75 Å². The lowest BCUT2D eigenvalue weighted by molar-refractivity contribution is -0.122. The van der Waals surface area contributed by atoms with E-state index in [4.69, 9.17) is 4.74 Å². The van der Waals surface area contributed by atoms with Gasteiger partial charge in [0.25, 0.3) is 0 Å². The van der Waals surface area contributed by atoms with Crippen LogP contribution in [0.3, 0.4) is 0 Å². The summed E-state index contributed by atoms with van der Waals surface area (Å²) in [7, 11) is 1.53. The number of amides is 3. The Kier molecular flexibility index (Phi) is 7.39. The first kappa shape index (κ1) is 18.9. The van der Waals surface area contributed by atoms with Crippen LogP contribution in [0.5, 0.6) is 5.75 Å². The van der Waals surface area contributed by atoms with Crippen LogP contribution in [0.4, 0.5) is 10.7 Å². The molecule has 0 saturated carbocycles. The van der Waals surface area contributed by atoms with Crippen molar-refractivity contribution >= 4 is 17.9 Å². The second-order valence-corrected chi connectivity index (χ2v) is 5.95. The van der Waals surface area contributed by atoms with Crippen LogP contribution in [0.1, 0.15) is 26.2 Å². The largest absolute Gasteiger partial charge is 0.494 e. The van der Waals surface area contributed by atoms with E-state index in [1.54, 1.807) is 0 Å². The van der Waals surface area contributed by atoms with Gasteiger partial charge in [-0.15, -0.1) is 0 Å². The maximum Gasteiger partial charge on any atom is 0.321 e. The van der Waals surface area contributed by atoms with Gasteiger partial charge in [0.2, 0.25) is 11.9 Å². The Morgan fingerprint density at radius 3 is 2.56 bits per heavy atom. The normalized spacial score (nSPS) is 15.4. The van der Waals surface area contributed by atoms with Crippen LogP contribution in [-0.2, 0) is 4.79 Å². The average Bonchev–Trinajstić information content (AvgIpc) is 2.62. The highest BCUT2D eigenvalue weighted by Crippen LogP contribution is 2.11. The summed E-state index contributed by atoms with van der Waals surface area (Å²) in [5.74, 6) is 0.812. The summed E-state index contributed by atoms with van der Waals surface area (Å²) in [6.07, 6.45) is 5.52. The third kappa shape index (κ3) is 6.54. The molecule has 3 N–H and O–H groups in total. The van der Waals surface area contributed by atoms with Crippen LogP contribution in [-0.4, -0.2) is 66.1 Å². The number of aromatic nitrogens is 2. The molecule has 9 nitrogen and oxygen atoms in total. The van der Waals surface area contributed by atoms with Crippen molar-refractivity contribution in [2.24, 2.45) is 0 Å². The summed E-state index contributed by atoms with van der Waals surface area (Å²) in [4.78, 5) is 33.8. The predicted molar refractivity (Wildman–Crippen MR) is 93.5 cm³/mol. The molecule has 0 radical (unpaired) electrons. The van der Waals surface area contributed by atoms with E-state index >= 15 is 0 Å². The summed E-state index contributed by atoms with van der Waals surface area (Å²) in [6, 6.07) is -0.252. The number of carbonyl (C=O) groups is 2. The minimum atomic E-state index is -0.329. The monoisotopic (exact) mass is 350 g/mol. The summed E-state index contributed by atoms with van der Waals surface area (Å²) in [5, 5.41) is 8.39. The molecule has 1 saturated heterocycles. The minimum Gasteiger partial charge on any atom is -0.494 e. The average molecular weight is 350 g/mol. The zero-order chi connectivity index (χ0) is 18.1. The van der Waals surface area contributed by atoms with E-state index in [0.717, 1.165) is 32.4 Å². The molecule has 0 bridgehead atoms. The van der Waals surface area contributed by atoms with E-state index < -0.39 is 0 Å². The first-order valence-corrected chi connectivity index (χ1v) is 8.53. The topological polar surface area (TPSA) is 108 Å². The maximum absolute atomic E-state index is 12.0. The second-order valence-electron chi connectivity index (χ2n) is 5.95. The number of hydrogen-bond donors (Lipinski definition) is 3. The number of anilines is 1. The molecule has 2 heterocycles. The number of hydrogen-bond acceptors (Lipinski definition) is 6. The highest BCUT2D eigenvalue weighted by molar-refractivity contribution is 5.87. The van der Waals surface area contributed by atoms with E-state index in [1.807, 2.05) is 6.92 Å². The lowest BCUT2D eigenvalue weighted by atomic mass is 10.1. The van der Waals surface area contributed by atoms with Crippen molar-refractivity contribution in [1.29, 1.82) is 0 Å². The predicted octanol–water partition coefficient (Wildman–Crippen LogP) is 0.597. The molecule has 9 heteroatoms. The molecule has 1 aliphatic heterocycles. The van der Waals surface area contributed by atoms with Crippen LogP contribution in [0.25, 0.3) is 0 Å². The van der Waals surface area contributed by atoms with Crippen molar-refractivity contribution in [2.45, 2.75) is 32.2 Å². The van der Waals surface area contributed by atoms with Crippen LogP contribution < -0.4 is 20.7 Å². The molecule has 3 amide bonds. The van der Waals surface area contributed by atoms with Gasteiger partial charge < -0.3 is 15.4 Å². The number of likely N-dealkylation sites (tertiary alicyclic amines) is 1. The number of ether oxygens (including phenoxy) is 1. The lowest BCUT2D eigenvalue weighted by Gasteiger charge is -2.31. The molecular weight excluding hydrogens is 324 g/mol. The standard InChI is InChI=1S/C16H26N6O3/c1-3-6-17-14(23)11-22-7-4-12(5-8-22)20-16(24)21-15-18-9-13(25-2)10-19-15/h9-10,12H,3-8,11H2,1-2H3,(H,17,23)(H2,18,19,20,21,24). The molecule has 25 heavy (non-hydrogen) atoms. The van der Waals surface area contributed by atoms with Crippen LogP contribution in [0.15, 0.2) is 12.4 Å². The number of carbonyl (C=O) groups excluding carboxylic acids is 2. The van der Waals surface area contributed by atoms with Gasteiger partial charge in [-0.1, -0.05) is 6.92 Å².